The molecule has 0 fully saturated rings. The number of hydrogen-bond acceptors (Lipinski definition) is 7. The molecule has 0 saturated carbocycles. The van der Waals surface area contributed by atoms with Gasteiger partial charge < -0.3 is 9.64 Å². The fourth-order valence-corrected chi connectivity index (χ4v) is 5.31. The molecule has 8 nitrogen and oxygen atoms in total. The second-order valence-electron chi connectivity index (χ2n) is 8.22. The summed E-state index contributed by atoms with van der Waals surface area (Å²) in [6.07, 6.45) is 0. The van der Waals surface area contributed by atoms with Gasteiger partial charge in [-0.1, -0.05) is 72.0 Å². The summed E-state index contributed by atoms with van der Waals surface area (Å²) < 4.78 is 6.75. The number of ether oxygens (including phenoxy) is 1. The van der Waals surface area contributed by atoms with Crippen LogP contribution in [0.15, 0.2) is 83.7 Å². The number of amides is 1. The number of rotatable bonds is 4. The van der Waals surface area contributed by atoms with Gasteiger partial charge in [-0.05, 0) is 23.8 Å². The van der Waals surface area contributed by atoms with E-state index in [9.17, 15) is 14.4 Å². The maximum Gasteiger partial charge on any atom is 0.308 e. The molecule has 0 unspecified atom stereocenters. The fraction of sp³-hybridized carbons (Fsp3) is 0.0741. The summed E-state index contributed by atoms with van der Waals surface area (Å²) in [5.41, 5.74) is 2.89. The number of nitrogens with zero attached hydrogens (tertiary/aromatic N) is 4. The Kier molecular flexibility index (Phi) is 5.19. The van der Waals surface area contributed by atoms with E-state index < -0.39 is 11.5 Å². The topological polar surface area (TPSA) is 93.9 Å². The van der Waals surface area contributed by atoms with Gasteiger partial charge in [-0.15, -0.1) is 5.10 Å². The Morgan fingerprint density at radius 1 is 0.917 bits per heavy atom. The highest BCUT2D eigenvalue weighted by Gasteiger charge is 2.34. The summed E-state index contributed by atoms with van der Waals surface area (Å²) in [6, 6.07) is 24.0. The molecule has 3 heterocycles. The monoisotopic (exact) mass is 494 g/mol. The summed E-state index contributed by atoms with van der Waals surface area (Å²) in [6.45, 7) is 1.71. The van der Waals surface area contributed by atoms with Crippen molar-refractivity contribution in [3.63, 3.8) is 0 Å². The third kappa shape index (κ3) is 3.57. The molecular formula is C27H18N4O4S. The largest absolute Gasteiger partial charge is 0.426 e. The van der Waals surface area contributed by atoms with Gasteiger partial charge in [-0.25, -0.2) is 0 Å². The second-order valence-corrected chi connectivity index (χ2v) is 9.20. The third-order valence-corrected chi connectivity index (χ3v) is 6.90. The molecule has 0 saturated heterocycles. The van der Waals surface area contributed by atoms with Crippen molar-refractivity contribution < 1.29 is 14.3 Å². The lowest BCUT2D eigenvalue weighted by Gasteiger charge is -2.17. The van der Waals surface area contributed by atoms with E-state index in [4.69, 9.17) is 4.74 Å². The van der Waals surface area contributed by atoms with Crippen LogP contribution in [-0.2, 0) is 16.1 Å². The number of fused-ring (bicyclic) bond motifs is 2. The highest BCUT2D eigenvalue weighted by Crippen LogP contribution is 2.36. The first-order valence-electron chi connectivity index (χ1n) is 11.2. The van der Waals surface area contributed by atoms with Gasteiger partial charge in [0.15, 0.2) is 5.82 Å². The minimum absolute atomic E-state index is 0.234. The van der Waals surface area contributed by atoms with Gasteiger partial charge in [0.2, 0.25) is 4.96 Å². The van der Waals surface area contributed by atoms with Crippen LogP contribution in [0.4, 0.5) is 5.69 Å². The molecule has 176 valence electrons. The molecule has 1 aliphatic rings. The molecule has 0 N–H and O–H groups in total. The summed E-state index contributed by atoms with van der Waals surface area (Å²) in [5, 5.41) is 4.38. The first-order chi connectivity index (χ1) is 17.5. The van der Waals surface area contributed by atoms with Crippen molar-refractivity contribution >= 4 is 39.4 Å². The van der Waals surface area contributed by atoms with Gasteiger partial charge in [0.1, 0.15) is 10.3 Å². The molecule has 2 aromatic heterocycles. The summed E-state index contributed by atoms with van der Waals surface area (Å²) in [7, 11) is 0. The Balaban J connectivity index is 1.48. The molecule has 5 aromatic rings. The van der Waals surface area contributed by atoms with Crippen molar-refractivity contribution in [1.82, 2.24) is 14.6 Å². The normalized spacial score (nSPS) is 14.4. The van der Waals surface area contributed by atoms with E-state index in [0.29, 0.717) is 34.0 Å². The zero-order chi connectivity index (χ0) is 24.8. The number of anilines is 1. The molecule has 0 radical (unpaired) electrons. The van der Waals surface area contributed by atoms with Gasteiger partial charge in [0, 0.05) is 12.5 Å². The standard InChI is InChI=1S/C27H18N4O4S/c1-16(32)35-21-14-8-6-12-19(21)24-28-27-31(29-24)26(34)23(36-27)22-18-11-5-7-13-20(18)30(25(22)33)15-17-9-3-2-4-10-17/h2-14H,15H2,1H3/b23-22-. The average Bonchev–Trinajstić information content (AvgIpc) is 3.51. The maximum absolute atomic E-state index is 13.6. The third-order valence-electron chi connectivity index (χ3n) is 5.87. The lowest BCUT2D eigenvalue weighted by atomic mass is 10.1. The number of thiazole rings is 1. The average molecular weight is 495 g/mol. The zero-order valence-corrected chi connectivity index (χ0v) is 19.9. The number of carbonyl (C=O) groups is 2. The lowest BCUT2D eigenvalue weighted by molar-refractivity contribution is -0.131. The lowest BCUT2D eigenvalue weighted by Crippen LogP contribution is -2.32. The molecule has 0 spiro atoms. The van der Waals surface area contributed by atoms with E-state index in [1.165, 1.54) is 11.4 Å². The summed E-state index contributed by atoms with van der Waals surface area (Å²) in [4.78, 5) is 45.1. The van der Waals surface area contributed by atoms with Crippen LogP contribution in [-0.4, -0.2) is 26.5 Å². The molecule has 6 rings (SSSR count). The van der Waals surface area contributed by atoms with E-state index >= 15 is 0 Å². The number of para-hydroxylation sites is 2. The summed E-state index contributed by atoms with van der Waals surface area (Å²) >= 11 is 1.12. The smallest absolute Gasteiger partial charge is 0.308 e. The van der Waals surface area contributed by atoms with E-state index in [2.05, 4.69) is 10.1 Å². The van der Waals surface area contributed by atoms with Crippen molar-refractivity contribution in [2.24, 2.45) is 0 Å². The minimum atomic E-state index is -0.467. The van der Waals surface area contributed by atoms with Crippen LogP contribution in [0, 0.1) is 0 Å². The number of hydrogen-bond donors (Lipinski definition) is 0. The Hall–Kier alpha value is -4.63. The molecule has 0 bridgehead atoms. The van der Waals surface area contributed by atoms with Crippen molar-refractivity contribution in [1.29, 1.82) is 0 Å². The second kappa shape index (κ2) is 8.54. The van der Waals surface area contributed by atoms with Gasteiger partial charge in [-0.3, -0.25) is 14.4 Å². The van der Waals surface area contributed by atoms with Crippen LogP contribution in [0.3, 0.4) is 0 Å². The van der Waals surface area contributed by atoms with E-state index in [1.807, 2.05) is 54.6 Å². The zero-order valence-electron chi connectivity index (χ0n) is 19.0. The molecule has 0 aliphatic carbocycles. The van der Waals surface area contributed by atoms with Crippen LogP contribution in [0.5, 0.6) is 5.75 Å². The Morgan fingerprint density at radius 2 is 1.61 bits per heavy atom. The quantitative estimate of drug-likeness (QED) is 0.281. The van der Waals surface area contributed by atoms with Crippen molar-refractivity contribution in [2.45, 2.75) is 13.5 Å². The van der Waals surface area contributed by atoms with Crippen LogP contribution in [0.25, 0.3) is 21.9 Å². The van der Waals surface area contributed by atoms with Gasteiger partial charge >= 0.3 is 5.97 Å². The van der Waals surface area contributed by atoms with Crippen LogP contribution < -0.4 is 19.7 Å². The highest BCUT2D eigenvalue weighted by atomic mass is 32.1. The predicted molar refractivity (Wildman–Crippen MR) is 136 cm³/mol. The van der Waals surface area contributed by atoms with Crippen molar-refractivity contribution in [2.75, 3.05) is 4.90 Å². The SMILES string of the molecule is CC(=O)Oc1ccccc1-c1nc2s/c(=C3\C(=O)N(Cc4ccccc4)c4ccccc43)c(=O)n2n1. The molecule has 1 aliphatic heterocycles. The number of aromatic nitrogens is 3. The Labute approximate surface area is 208 Å². The number of carbonyl (C=O) groups excluding carboxylic acids is 2. The van der Waals surface area contributed by atoms with E-state index in [1.54, 1.807) is 29.2 Å². The Bertz CT molecular complexity index is 1770. The molecular weight excluding hydrogens is 476 g/mol. The Morgan fingerprint density at radius 3 is 2.36 bits per heavy atom. The van der Waals surface area contributed by atoms with Crippen LogP contribution in [0.1, 0.15) is 18.1 Å². The van der Waals surface area contributed by atoms with Crippen LogP contribution in [0.2, 0.25) is 0 Å². The highest BCUT2D eigenvalue weighted by molar-refractivity contribution is 7.15. The fourth-order valence-electron chi connectivity index (χ4n) is 4.32. The predicted octanol–water partition coefficient (Wildman–Crippen LogP) is 3.21. The molecule has 1 amide bonds. The van der Waals surface area contributed by atoms with E-state index in [-0.39, 0.29) is 16.3 Å². The first kappa shape index (κ1) is 21.9. The van der Waals surface area contributed by atoms with Crippen molar-refractivity contribution in [3.05, 3.63) is 105 Å². The molecule has 3 aromatic carbocycles. The minimum Gasteiger partial charge on any atom is -0.426 e. The maximum atomic E-state index is 13.6. The van der Waals surface area contributed by atoms with E-state index in [0.717, 1.165) is 22.6 Å². The number of benzene rings is 3. The van der Waals surface area contributed by atoms with Crippen LogP contribution >= 0.6 is 11.3 Å². The molecule has 0 atom stereocenters. The van der Waals surface area contributed by atoms with Gasteiger partial charge in [0.25, 0.3) is 11.5 Å². The first-order valence-corrected chi connectivity index (χ1v) is 12.0. The molecule has 9 heteroatoms. The number of esters is 1. The van der Waals surface area contributed by atoms with Gasteiger partial charge in [-0.2, -0.15) is 9.50 Å². The van der Waals surface area contributed by atoms with Gasteiger partial charge in [0.05, 0.1) is 23.4 Å². The summed E-state index contributed by atoms with van der Waals surface area (Å²) in [5.74, 6) is -0.135. The molecule has 36 heavy (non-hydrogen) atoms. The van der Waals surface area contributed by atoms with Crippen molar-refractivity contribution in [3.8, 4) is 17.1 Å².